The van der Waals surface area contributed by atoms with E-state index in [1.165, 1.54) is 6.07 Å². The zero-order valence-corrected chi connectivity index (χ0v) is 13.7. The lowest BCUT2D eigenvalue weighted by Gasteiger charge is -2.13. The maximum absolute atomic E-state index is 12.9. The Kier molecular flexibility index (Phi) is 5.81. The van der Waals surface area contributed by atoms with Crippen LogP contribution in [0.2, 0.25) is 0 Å². The molecule has 5 nitrogen and oxygen atoms in total. The summed E-state index contributed by atoms with van der Waals surface area (Å²) >= 11 is 0. The first-order valence-electron chi connectivity index (χ1n) is 7.21. The van der Waals surface area contributed by atoms with Gasteiger partial charge in [-0.1, -0.05) is 30.3 Å². The van der Waals surface area contributed by atoms with Crippen LogP contribution < -0.4 is 10.0 Å². The van der Waals surface area contributed by atoms with Gasteiger partial charge in [-0.05, 0) is 24.3 Å². The number of benzene rings is 2. The largest absolute Gasteiger partial charge is 0.417 e. The van der Waals surface area contributed by atoms with E-state index < -0.39 is 32.6 Å². The average molecular weight is 372 g/mol. The third-order valence-electron chi connectivity index (χ3n) is 3.18. The van der Waals surface area contributed by atoms with Gasteiger partial charge in [0.05, 0.1) is 10.5 Å². The predicted molar refractivity (Wildman–Crippen MR) is 86.3 cm³/mol. The van der Waals surface area contributed by atoms with E-state index >= 15 is 0 Å². The molecule has 0 aliphatic carbocycles. The Bertz CT molecular complexity index is 837. The van der Waals surface area contributed by atoms with Crippen molar-refractivity contribution in [2.24, 2.45) is 0 Å². The summed E-state index contributed by atoms with van der Waals surface area (Å²) in [6, 6.07) is 12.4. The number of hydrogen-bond donors (Lipinski definition) is 2. The molecule has 0 radical (unpaired) electrons. The van der Waals surface area contributed by atoms with Gasteiger partial charge < -0.3 is 5.32 Å². The van der Waals surface area contributed by atoms with Crippen molar-refractivity contribution in [3.8, 4) is 0 Å². The van der Waals surface area contributed by atoms with Gasteiger partial charge in [-0.15, -0.1) is 0 Å². The number of nitrogens with one attached hydrogen (secondary N) is 2. The fourth-order valence-corrected chi connectivity index (χ4v) is 3.31. The minimum absolute atomic E-state index is 0.220. The van der Waals surface area contributed by atoms with Crippen molar-refractivity contribution in [1.29, 1.82) is 0 Å². The summed E-state index contributed by atoms with van der Waals surface area (Å²) in [6.07, 6.45) is -5.02. The number of carbonyl (C=O) groups excluding carboxylic acids is 1. The van der Waals surface area contributed by atoms with Gasteiger partial charge in [0.25, 0.3) is 0 Å². The van der Waals surface area contributed by atoms with Crippen molar-refractivity contribution in [2.75, 3.05) is 11.9 Å². The second-order valence-corrected chi connectivity index (χ2v) is 6.79. The highest BCUT2D eigenvalue weighted by atomic mass is 32.2. The molecule has 25 heavy (non-hydrogen) atoms. The Morgan fingerprint density at radius 2 is 1.56 bits per heavy atom. The van der Waals surface area contributed by atoms with Crippen LogP contribution in [0.1, 0.15) is 12.0 Å². The van der Waals surface area contributed by atoms with Crippen molar-refractivity contribution in [3.05, 3.63) is 60.2 Å². The molecule has 0 unspecified atom stereocenters. The number of hydrogen-bond acceptors (Lipinski definition) is 3. The molecular formula is C16H15F3N2O3S. The van der Waals surface area contributed by atoms with Crippen LogP contribution in [0, 0.1) is 0 Å². The van der Waals surface area contributed by atoms with E-state index in [0.29, 0.717) is 11.8 Å². The monoisotopic (exact) mass is 372 g/mol. The highest BCUT2D eigenvalue weighted by Crippen LogP contribution is 2.33. The van der Waals surface area contributed by atoms with Gasteiger partial charge >= 0.3 is 6.18 Å². The second kappa shape index (κ2) is 7.66. The number of para-hydroxylation sites is 1. The first kappa shape index (κ1) is 18.9. The summed E-state index contributed by atoms with van der Waals surface area (Å²) in [4.78, 5) is 10.9. The standard InChI is InChI=1S/C16H15F3N2O3S/c17-16(18,19)13-8-4-5-9-14(13)25(23,24)20-11-10-15(22)21-12-6-2-1-3-7-12/h1-9,20H,10-11H2,(H,21,22). The number of halogens is 3. The molecule has 0 aliphatic heterocycles. The van der Waals surface area contributed by atoms with E-state index in [-0.39, 0.29) is 13.0 Å². The summed E-state index contributed by atoms with van der Waals surface area (Å²) in [5, 5.41) is 2.55. The summed E-state index contributed by atoms with van der Waals surface area (Å²) in [7, 11) is -4.39. The first-order chi connectivity index (χ1) is 11.7. The lowest BCUT2D eigenvalue weighted by atomic mass is 10.2. The fraction of sp³-hybridized carbons (Fsp3) is 0.188. The van der Waals surface area contributed by atoms with E-state index in [1.807, 2.05) is 4.72 Å². The molecule has 134 valence electrons. The SMILES string of the molecule is O=C(CCNS(=O)(=O)c1ccccc1C(F)(F)F)Nc1ccccc1. The van der Waals surface area contributed by atoms with Crippen molar-refractivity contribution >= 4 is 21.6 Å². The maximum atomic E-state index is 12.9. The van der Waals surface area contributed by atoms with Crippen molar-refractivity contribution in [1.82, 2.24) is 4.72 Å². The Morgan fingerprint density at radius 1 is 0.960 bits per heavy atom. The third kappa shape index (κ3) is 5.30. The molecule has 0 spiro atoms. The molecule has 0 saturated heterocycles. The van der Waals surface area contributed by atoms with Gasteiger partial charge in [-0.3, -0.25) is 4.79 Å². The van der Waals surface area contributed by atoms with Crippen LogP contribution in [0.25, 0.3) is 0 Å². The molecule has 0 atom stereocenters. The molecule has 0 aromatic heterocycles. The fourth-order valence-electron chi connectivity index (χ4n) is 2.06. The molecule has 0 fully saturated rings. The molecule has 9 heteroatoms. The molecule has 0 saturated carbocycles. The van der Waals surface area contributed by atoms with Gasteiger partial charge in [-0.2, -0.15) is 13.2 Å². The van der Waals surface area contributed by atoms with Crippen LogP contribution >= 0.6 is 0 Å². The van der Waals surface area contributed by atoms with Crippen LogP contribution in [0.5, 0.6) is 0 Å². The molecular weight excluding hydrogens is 357 g/mol. The van der Waals surface area contributed by atoms with Crippen molar-refractivity contribution < 1.29 is 26.4 Å². The van der Waals surface area contributed by atoms with Gasteiger partial charge in [0, 0.05) is 18.7 Å². The number of carbonyl (C=O) groups is 1. The molecule has 2 rings (SSSR count). The van der Waals surface area contributed by atoms with Crippen LogP contribution in [0.15, 0.2) is 59.5 Å². The molecule has 0 heterocycles. The van der Waals surface area contributed by atoms with E-state index in [9.17, 15) is 26.4 Å². The minimum atomic E-state index is -4.80. The quantitative estimate of drug-likeness (QED) is 0.819. The minimum Gasteiger partial charge on any atom is -0.326 e. The van der Waals surface area contributed by atoms with Gasteiger partial charge in [-0.25, -0.2) is 13.1 Å². The van der Waals surface area contributed by atoms with E-state index in [1.54, 1.807) is 30.3 Å². The molecule has 2 aromatic rings. The average Bonchev–Trinajstić information content (AvgIpc) is 2.55. The normalized spacial score (nSPS) is 12.0. The predicted octanol–water partition coefficient (Wildman–Crippen LogP) is 3.01. The molecule has 1 amide bonds. The molecule has 0 aliphatic rings. The molecule has 2 aromatic carbocycles. The lowest BCUT2D eigenvalue weighted by molar-refractivity contribution is -0.139. The van der Waals surface area contributed by atoms with Crippen molar-refractivity contribution in [3.63, 3.8) is 0 Å². The zero-order chi connectivity index (χ0) is 18.5. The summed E-state index contributed by atoms with van der Waals surface area (Å²) in [5.74, 6) is -0.460. The summed E-state index contributed by atoms with van der Waals surface area (Å²) in [6.45, 7) is -0.326. The Labute approximate surface area is 142 Å². The topological polar surface area (TPSA) is 75.3 Å². The van der Waals surface area contributed by atoms with Gasteiger partial charge in [0.2, 0.25) is 15.9 Å². The van der Waals surface area contributed by atoms with Crippen LogP contribution in [0.3, 0.4) is 0 Å². The molecule has 0 bridgehead atoms. The van der Waals surface area contributed by atoms with E-state index in [0.717, 1.165) is 12.1 Å². The maximum Gasteiger partial charge on any atom is 0.417 e. The highest BCUT2D eigenvalue weighted by molar-refractivity contribution is 7.89. The second-order valence-electron chi connectivity index (χ2n) is 5.06. The van der Waals surface area contributed by atoms with E-state index in [4.69, 9.17) is 0 Å². The van der Waals surface area contributed by atoms with Crippen LogP contribution in [-0.4, -0.2) is 20.9 Å². The third-order valence-corrected chi connectivity index (χ3v) is 4.70. The number of anilines is 1. The number of amides is 1. The van der Waals surface area contributed by atoms with E-state index in [2.05, 4.69) is 5.32 Å². The smallest absolute Gasteiger partial charge is 0.326 e. The summed E-state index contributed by atoms with van der Waals surface area (Å²) in [5.41, 5.74) is -0.714. The van der Waals surface area contributed by atoms with Crippen molar-refractivity contribution in [2.45, 2.75) is 17.5 Å². The van der Waals surface area contributed by atoms with Gasteiger partial charge in [0.1, 0.15) is 0 Å². The summed E-state index contributed by atoms with van der Waals surface area (Å²) < 4.78 is 65.0. The first-order valence-corrected chi connectivity index (χ1v) is 8.69. The number of alkyl halides is 3. The Balaban J connectivity index is 2.00. The van der Waals surface area contributed by atoms with Crippen LogP contribution in [0.4, 0.5) is 18.9 Å². The number of sulfonamides is 1. The lowest BCUT2D eigenvalue weighted by Crippen LogP contribution is -2.29. The zero-order valence-electron chi connectivity index (χ0n) is 12.9. The Hall–Kier alpha value is -2.39. The highest BCUT2D eigenvalue weighted by Gasteiger charge is 2.36. The van der Waals surface area contributed by atoms with Crippen LogP contribution in [-0.2, 0) is 21.0 Å². The molecule has 2 N–H and O–H groups in total. The Morgan fingerprint density at radius 3 is 2.20 bits per heavy atom. The van der Waals surface area contributed by atoms with Gasteiger partial charge in [0.15, 0.2) is 0 Å². The number of rotatable bonds is 6.